The van der Waals surface area contributed by atoms with E-state index in [1.165, 1.54) is 24.3 Å². The van der Waals surface area contributed by atoms with E-state index in [9.17, 15) is 18.3 Å². The van der Waals surface area contributed by atoms with E-state index < -0.39 is 11.9 Å². The Balaban J connectivity index is 2.09. The number of hydrogen-bond donors (Lipinski definition) is 2. The summed E-state index contributed by atoms with van der Waals surface area (Å²) in [5.41, 5.74) is -0.370. The summed E-state index contributed by atoms with van der Waals surface area (Å²) >= 11 is 12.0. The molecule has 0 fully saturated rings. The minimum absolute atomic E-state index is 0.121. The lowest BCUT2D eigenvalue weighted by Gasteiger charge is -2.15. The number of halogens is 5. The summed E-state index contributed by atoms with van der Waals surface area (Å²) < 4.78 is 38.7. The molecule has 1 heterocycles. The van der Waals surface area contributed by atoms with Crippen molar-refractivity contribution in [2.75, 3.05) is 5.32 Å². The number of benzene rings is 2. The molecular formula is C17H10Cl2F3N3O. The highest BCUT2D eigenvalue weighted by atomic mass is 35.5. The molecule has 0 atom stereocenters. The molecule has 0 saturated carbocycles. The molecule has 3 aromatic rings. The van der Waals surface area contributed by atoms with Crippen LogP contribution in [-0.4, -0.2) is 15.1 Å². The monoisotopic (exact) mass is 399 g/mol. The van der Waals surface area contributed by atoms with E-state index in [2.05, 4.69) is 15.3 Å². The lowest BCUT2D eigenvalue weighted by molar-refractivity contribution is -0.141. The minimum Gasteiger partial charge on any atom is -0.506 e. The maximum absolute atomic E-state index is 12.9. The Bertz CT molecular complexity index is 964. The van der Waals surface area contributed by atoms with Gasteiger partial charge in [-0.2, -0.15) is 13.2 Å². The molecule has 9 heteroatoms. The zero-order valence-electron chi connectivity index (χ0n) is 12.9. The topological polar surface area (TPSA) is 58.0 Å². The molecule has 0 saturated heterocycles. The van der Waals surface area contributed by atoms with Crippen molar-refractivity contribution >= 4 is 34.6 Å². The average Bonchev–Trinajstić information content (AvgIpc) is 2.58. The van der Waals surface area contributed by atoms with Crippen LogP contribution in [0.3, 0.4) is 0 Å². The van der Waals surface area contributed by atoms with Gasteiger partial charge in [0, 0.05) is 16.8 Å². The van der Waals surface area contributed by atoms with Crippen LogP contribution in [0.2, 0.25) is 10.0 Å². The molecule has 4 nitrogen and oxygen atoms in total. The first-order valence-electron chi connectivity index (χ1n) is 7.20. The maximum atomic E-state index is 12.9. The van der Waals surface area contributed by atoms with Crippen molar-refractivity contribution < 1.29 is 18.3 Å². The molecule has 26 heavy (non-hydrogen) atoms. The molecule has 0 amide bonds. The highest BCUT2D eigenvalue weighted by molar-refractivity contribution is 6.36. The predicted molar refractivity (Wildman–Crippen MR) is 93.9 cm³/mol. The zero-order valence-corrected chi connectivity index (χ0v) is 14.4. The highest BCUT2D eigenvalue weighted by Gasteiger charge is 2.33. The Hall–Kier alpha value is -2.51. The third-order valence-corrected chi connectivity index (χ3v) is 3.97. The summed E-state index contributed by atoms with van der Waals surface area (Å²) in [6.07, 6.45) is -3.60. The van der Waals surface area contributed by atoms with Crippen molar-refractivity contribution in [3.05, 3.63) is 64.4 Å². The first-order chi connectivity index (χ1) is 12.3. The summed E-state index contributed by atoms with van der Waals surface area (Å²) in [6.45, 7) is 0. The van der Waals surface area contributed by atoms with Crippen molar-refractivity contribution in [1.29, 1.82) is 0 Å². The highest BCUT2D eigenvalue weighted by Crippen LogP contribution is 2.38. The molecule has 0 aliphatic carbocycles. The fraction of sp³-hybridized carbons (Fsp3) is 0.0588. The first kappa shape index (κ1) is 18.3. The maximum Gasteiger partial charge on any atom is 0.433 e. The van der Waals surface area contributed by atoms with E-state index in [4.69, 9.17) is 23.2 Å². The van der Waals surface area contributed by atoms with Gasteiger partial charge in [-0.05, 0) is 36.4 Å². The third kappa shape index (κ3) is 3.84. The Kier molecular flexibility index (Phi) is 4.93. The summed E-state index contributed by atoms with van der Waals surface area (Å²) in [5, 5.41) is 13.8. The number of rotatable bonds is 3. The summed E-state index contributed by atoms with van der Waals surface area (Å²) in [7, 11) is 0. The molecular weight excluding hydrogens is 390 g/mol. The van der Waals surface area contributed by atoms with Gasteiger partial charge >= 0.3 is 6.18 Å². The van der Waals surface area contributed by atoms with Gasteiger partial charge in [-0.25, -0.2) is 9.97 Å². The standard InChI is InChI=1S/C17H10Cl2F3N3O/c18-9-4-5-12(11(19)8-9)24-15-10(2-1-3-13(15)26)16-23-7-6-14(25-16)17(20,21)22/h1-8,24,26H. The lowest BCUT2D eigenvalue weighted by Crippen LogP contribution is -2.09. The fourth-order valence-corrected chi connectivity index (χ4v) is 2.69. The number of hydrogen-bond acceptors (Lipinski definition) is 4. The van der Waals surface area contributed by atoms with Crippen LogP contribution in [0.25, 0.3) is 11.4 Å². The van der Waals surface area contributed by atoms with Crippen LogP contribution in [0.15, 0.2) is 48.7 Å². The van der Waals surface area contributed by atoms with Crippen molar-refractivity contribution in [3.8, 4) is 17.1 Å². The summed E-state index contributed by atoms with van der Waals surface area (Å²) in [6, 6.07) is 9.76. The Labute approximate surface area is 156 Å². The van der Waals surface area contributed by atoms with Crippen molar-refractivity contribution in [2.24, 2.45) is 0 Å². The van der Waals surface area contributed by atoms with Gasteiger partial charge < -0.3 is 10.4 Å². The number of nitrogens with one attached hydrogen (secondary N) is 1. The SMILES string of the molecule is Oc1cccc(-c2nccc(C(F)(F)F)n2)c1Nc1ccc(Cl)cc1Cl. The van der Waals surface area contributed by atoms with Crippen LogP contribution in [0.4, 0.5) is 24.5 Å². The van der Waals surface area contributed by atoms with Crippen molar-refractivity contribution in [2.45, 2.75) is 6.18 Å². The quantitative estimate of drug-likeness (QED) is 0.536. The number of anilines is 2. The average molecular weight is 400 g/mol. The number of para-hydroxylation sites is 1. The molecule has 0 aliphatic rings. The van der Waals surface area contributed by atoms with Gasteiger partial charge in [0.15, 0.2) is 5.82 Å². The molecule has 0 unspecified atom stereocenters. The van der Waals surface area contributed by atoms with Gasteiger partial charge in [-0.3, -0.25) is 0 Å². The number of phenols is 1. The summed E-state index contributed by atoms with van der Waals surface area (Å²) in [4.78, 5) is 7.44. The molecule has 3 rings (SSSR count). The molecule has 0 radical (unpaired) electrons. The molecule has 0 bridgehead atoms. The molecule has 0 spiro atoms. The van der Waals surface area contributed by atoms with E-state index >= 15 is 0 Å². The number of phenolic OH excluding ortho intramolecular Hbond substituents is 1. The van der Waals surface area contributed by atoms with Gasteiger partial charge in [0.05, 0.1) is 16.4 Å². The van der Waals surface area contributed by atoms with Gasteiger partial charge in [-0.15, -0.1) is 0 Å². The first-order valence-corrected chi connectivity index (χ1v) is 7.96. The van der Waals surface area contributed by atoms with Crippen molar-refractivity contribution in [3.63, 3.8) is 0 Å². The van der Waals surface area contributed by atoms with Crippen LogP contribution in [0.1, 0.15) is 5.69 Å². The largest absolute Gasteiger partial charge is 0.506 e. The number of aromatic hydroxyl groups is 1. The van der Waals surface area contributed by atoms with E-state index in [0.717, 1.165) is 12.3 Å². The zero-order chi connectivity index (χ0) is 18.9. The number of aromatic nitrogens is 2. The predicted octanol–water partition coefficient (Wildman–Crippen LogP) is 5.92. The lowest BCUT2D eigenvalue weighted by atomic mass is 10.1. The van der Waals surface area contributed by atoms with E-state index in [0.29, 0.717) is 10.7 Å². The van der Waals surface area contributed by atoms with E-state index in [1.54, 1.807) is 12.1 Å². The van der Waals surface area contributed by atoms with Crippen LogP contribution >= 0.6 is 23.2 Å². The van der Waals surface area contributed by atoms with Gasteiger partial charge in [0.2, 0.25) is 0 Å². The second-order valence-electron chi connectivity index (χ2n) is 5.21. The Morgan fingerprint density at radius 3 is 2.50 bits per heavy atom. The molecule has 0 aliphatic heterocycles. The van der Waals surface area contributed by atoms with Crippen LogP contribution in [-0.2, 0) is 6.18 Å². The second kappa shape index (κ2) is 7.01. The molecule has 134 valence electrons. The third-order valence-electron chi connectivity index (χ3n) is 3.42. The van der Waals surface area contributed by atoms with Gasteiger partial charge in [0.1, 0.15) is 11.4 Å². The van der Waals surface area contributed by atoms with Crippen LogP contribution < -0.4 is 5.32 Å². The normalized spacial score (nSPS) is 11.4. The van der Waals surface area contributed by atoms with Gasteiger partial charge in [-0.1, -0.05) is 29.3 Å². The number of alkyl halides is 3. The van der Waals surface area contributed by atoms with Crippen LogP contribution in [0, 0.1) is 0 Å². The molecule has 1 aromatic heterocycles. The van der Waals surface area contributed by atoms with E-state index in [1.807, 2.05) is 0 Å². The number of nitrogens with zero attached hydrogens (tertiary/aromatic N) is 2. The fourth-order valence-electron chi connectivity index (χ4n) is 2.23. The van der Waals surface area contributed by atoms with Crippen LogP contribution in [0.5, 0.6) is 5.75 Å². The second-order valence-corrected chi connectivity index (χ2v) is 6.06. The Morgan fingerprint density at radius 2 is 1.81 bits per heavy atom. The van der Waals surface area contributed by atoms with Gasteiger partial charge in [0.25, 0.3) is 0 Å². The smallest absolute Gasteiger partial charge is 0.433 e. The van der Waals surface area contributed by atoms with E-state index in [-0.39, 0.29) is 27.8 Å². The molecule has 2 N–H and O–H groups in total. The molecule has 2 aromatic carbocycles. The summed E-state index contributed by atoms with van der Waals surface area (Å²) in [5.74, 6) is -0.391. The Morgan fingerprint density at radius 1 is 1.04 bits per heavy atom. The van der Waals surface area contributed by atoms with Crippen molar-refractivity contribution in [1.82, 2.24) is 9.97 Å². The minimum atomic E-state index is -4.61.